The molecule has 0 radical (unpaired) electrons. The van der Waals surface area contributed by atoms with Crippen LogP contribution in [-0.4, -0.2) is 12.6 Å². The fourth-order valence-electron chi connectivity index (χ4n) is 1.63. The van der Waals surface area contributed by atoms with E-state index in [4.69, 9.17) is 10.00 Å². The van der Waals surface area contributed by atoms with Crippen molar-refractivity contribution in [3.8, 4) is 6.07 Å². The Morgan fingerprint density at radius 1 is 1.41 bits per heavy atom. The molecule has 0 amide bonds. The number of benzene rings is 1. The number of nitrogens with zero attached hydrogens (tertiary/aromatic N) is 1. The Balaban J connectivity index is 3.03. The van der Waals surface area contributed by atoms with Gasteiger partial charge in [0.2, 0.25) is 0 Å². The lowest BCUT2D eigenvalue weighted by Gasteiger charge is -2.09. The number of nitriles is 1. The van der Waals surface area contributed by atoms with E-state index in [-0.39, 0.29) is 12.4 Å². The van der Waals surface area contributed by atoms with Gasteiger partial charge in [-0.2, -0.15) is 5.26 Å². The largest absolute Gasteiger partial charge is 0.466 e. The van der Waals surface area contributed by atoms with E-state index >= 15 is 0 Å². The zero-order valence-corrected chi connectivity index (χ0v) is 10.9. The van der Waals surface area contributed by atoms with Gasteiger partial charge in [-0.25, -0.2) is 0 Å². The number of carbonyl (C=O) groups excluding carboxylic acids is 1. The maximum atomic E-state index is 11.4. The first-order valence-corrected chi connectivity index (χ1v) is 5.97. The van der Waals surface area contributed by atoms with E-state index in [0.29, 0.717) is 17.1 Å². The first kappa shape index (κ1) is 13.6. The molecule has 0 aromatic heterocycles. The van der Waals surface area contributed by atoms with Gasteiger partial charge in [-0.05, 0) is 36.6 Å². The summed E-state index contributed by atoms with van der Waals surface area (Å²) in [6.07, 6.45) is 1.01. The maximum Gasteiger partial charge on any atom is 0.310 e. The minimum absolute atomic E-state index is 0.232. The van der Waals surface area contributed by atoms with E-state index in [1.807, 2.05) is 6.92 Å². The Hall–Kier alpha value is -1.47. The van der Waals surface area contributed by atoms with Crippen LogP contribution in [0.1, 0.15) is 30.5 Å². The molecule has 0 aliphatic rings. The molecule has 0 unspecified atom stereocenters. The van der Waals surface area contributed by atoms with Crippen LogP contribution in [-0.2, 0) is 22.4 Å². The van der Waals surface area contributed by atoms with E-state index in [0.717, 1.165) is 17.5 Å². The van der Waals surface area contributed by atoms with Gasteiger partial charge in [0.05, 0.1) is 18.6 Å². The molecule has 1 aromatic rings. The van der Waals surface area contributed by atoms with Gasteiger partial charge in [0.25, 0.3) is 0 Å². The molecular formula is C13H15NO2S. The van der Waals surface area contributed by atoms with Gasteiger partial charge in [-0.1, -0.05) is 6.92 Å². The standard InChI is InChI=1S/C13H15NO2S/c1-3-9-5-11(8-14)12(17)6-10(9)7-13(15)16-4-2/h5-6,17H,3-4,7H2,1-2H3. The third-order valence-electron chi connectivity index (χ3n) is 2.46. The van der Waals surface area contributed by atoms with Gasteiger partial charge in [-0.3, -0.25) is 4.79 Å². The maximum absolute atomic E-state index is 11.4. The molecule has 3 nitrogen and oxygen atoms in total. The van der Waals surface area contributed by atoms with Crippen LogP contribution in [0.15, 0.2) is 17.0 Å². The predicted octanol–water partition coefficient (Wildman–Crippen LogP) is 2.51. The molecule has 4 heteroatoms. The summed E-state index contributed by atoms with van der Waals surface area (Å²) in [7, 11) is 0. The van der Waals surface area contributed by atoms with Crippen molar-refractivity contribution in [1.29, 1.82) is 5.26 Å². The topological polar surface area (TPSA) is 50.1 Å². The summed E-state index contributed by atoms with van der Waals surface area (Å²) in [4.78, 5) is 12.0. The van der Waals surface area contributed by atoms with Gasteiger partial charge in [0.15, 0.2) is 0 Å². The van der Waals surface area contributed by atoms with Crippen LogP contribution < -0.4 is 0 Å². The monoisotopic (exact) mass is 249 g/mol. The molecule has 0 atom stereocenters. The number of esters is 1. The van der Waals surface area contributed by atoms with Crippen LogP contribution in [0.2, 0.25) is 0 Å². The van der Waals surface area contributed by atoms with Crippen molar-refractivity contribution in [2.75, 3.05) is 6.61 Å². The number of rotatable bonds is 4. The van der Waals surface area contributed by atoms with E-state index in [1.54, 1.807) is 19.1 Å². The fraction of sp³-hybridized carbons (Fsp3) is 0.385. The van der Waals surface area contributed by atoms with Gasteiger partial charge in [-0.15, -0.1) is 12.6 Å². The minimum Gasteiger partial charge on any atom is -0.466 e. The van der Waals surface area contributed by atoms with Crippen molar-refractivity contribution in [3.05, 3.63) is 28.8 Å². The molecule has 0 aliphatic carbocycles. The lowest BCUT2D eigenvalue weighted by Crippen LogP contribution is -2.09. The highest BCUT2D eigenvalue weighted by molar-refractivity contribution is 7.80. The highest BCUT2D eigenvalue weighted by Crippen LogP contribution is 2.21. The van der Waals surface area contributed by atoms with Crippen molar-refractivity contribution in [3.63, 3.8) is 0 Å². The van der Waals surface area contributed by atoms with Crippen LogP contribution in [0.5, 0.6) is 0 Å². The fourth-order valence-corrected chi connectivity index (χ4v) is 1.90. The SMILES string of the molecule is CCOC(=O)Cc1cc(S)c(C#N)cc1CC. The smallest absolute Gasteiger partial charge is 0.310 e. The summed E-state index contributed by atoms with van der Waals surface area (Å²) < 4.78 is 4.91. The molecule has 0 aliphatic heterocycles. The summed E-state index contributed by atoms with van der Waals surface area (Å²) in [6.45, 7) is 4.15. The molecule has 90 valence electrons. The van der Waals surface area contributed by atoms with Gasteiger partial charge in [0.1, 0.15) is 6.07 Å². The summed E-state index contributed by atoms with van der Waals surface area (Å²) in [6, 6.07) is 5.65. The Bertz CT molecular complexity index is 463. The number of hydrogen-bond acceptors (Lipinski definition) is 4. The number of carbonyl (C=O) groups is 1. The van der Waals surface area contributed by atoms with Crippen molar-refractivity contribution in [2.24, 2.45) is 0 Å². The molecule has 0 saturated heterocycles. The second-order valence-corrected chi connectivity index (χ2v) is 4.07. The predicted molar refractivity (Wildman–Crippen MR) is 68.1 cm³/mol. The van der Waals surface area contributed by atoms with E-state index < -0.39 is 0 Å². The Kier molecular flexibility index (Phi) is 5.05. The molecule has 0 spiro atoms. The van der Waals surface area contributed by atoms with Crippen molar-refractivity contribution < 1.29 is 9.53 Å². The Labute approximate surface area is 107 Å². The van der Waals surface area contributed by atoms with Crippen LogP contribution in [0.4, 0.5) is 0 Å². The lowest BCUT2D eigenvalue weighted by molar-refractivity contribution is -0.142. The zero-order valence-electron chi connectivity index (χ0n) is 9.99. The highest BCUT2D eigenvalue weighted by atomic mass is 32.1. The third kappa shape index (κ3) is 3.50. The first-order chi connectivity index (χ1) is 8.12. The van der Waals surface area contributed by atoms with Gasteiger partial charge < -0.3 is 4.74 Å². The number of hydrogen-bond donors (Lipinski definition) is 1. The number of thiol groups is 1. The quantitative estimate of drug-likeness (QED) is 0.659. The molecule has 1 rings (SSSR count). The van der Waals surface area contributed by atoms with Crippen molar-refractivity contribution in [1.82, 2.24) is 0 Å². The summed E-state index contributed by atoms with van der Waals surface area (Å²) in [5.74, 6) is -0.250. The first-order valence-electron chi connectivity index (χ1n) is 5.52. The number of ether oxygens (including phenoxy) is 1. The molecule has 1 aromatic carbocycles. The van der Waals surface area contributed by atoms with Crippen LogP contribution >= 0.6 is 12.6 Å². The zero-order chi connectivity index (χ0) is 12.8. The second-order valence-electron chi connectivity index (χ2n) is 3.59. The van der Waals surface area contributed by atoms with Crippen molar-refractivity contribution >= 4 is 18.6 Å². The molecule has 0 bridgehead atoms. The molecule has 0 saturated carbocycles. The van der Waals surface area contributed by atoms with Crippen LogP contribution in [0.25, 0.3) is 0 Å². The van der Waals surface area contributed by atoms with Crippen molar-refractivity contribution in [2.45, 2.75) is 31.6 Å². The van der Waals surface area contributed by atoms with E-state index in [1.165, 1.54) is 0 Å². The third-order valence-corrected chi connectivity index (χ3v) is 2.83. The summed E-state index contributed by atoms with van der Waals surface area (Å²) in [5, 5.41) is 8.90. The average Bonchev–Trinajstić information content (AvgIpc) is 2.29. The Morgan fingerprint density at radius 3 is 2.65 bits per heavy atom. The molecule has 0 heterocycles. The van der Waals surface area contributed by atoms with Gasteiger partial charge in [0, 0.05) is 4.90 Å². The number of aryl methyl sites for hydroxylation is 1. The lowest BCUT2D eigenvalue weighted by atomic mass is 10.00. The molecule has 0 fully saturated rings. The van der Waals surface area contributed by atoms with Gasteiger partial charge >= 0.3 is 5.97 Å². The van der Waals surface area contributed by atoms with Crippen LogP contribution in [0, 0.1) is 11.3 Å². The Morgan fingerprint density at radius 2 is 2.12 bits per heavy atom. The van der Waals surface area contributed by atoms with Crippen LogP contribution in [0.3, 0.4) is 0 Å². The summed E-state index contributed by atoms with van der Waals surface area (Å²) >= 11 is 4.23. The summed E-state index contributed by atoms with van der Waals surface area (Å²) in [5.41, 5.74) is 2.42. The highest BCUT2D eigenvalue weighted by Gasteiger charge is 2.11. The van der Waals surface area contributed by atoms with E-state index in [2.05, 4.69) is 18.7 Å². The normalized spacial score (nSPS) is 9.76. The molecule has 0 N–H and O–H groups in total. The van der Waals surface area contributed by atoms with E-state index in [9.17, 15) is 4.79 Å². The average molecular weight is 249 g/mol. The molecule has 17 heavy (non-hydrogen) atoms. The molecular weight excluding hydrogens is 234 g/mol. The minimum atomic E-state index is -0.250. The second kappa shape index (κ2) is 6.31.